The lowest BCUT2D eigenvalue weighted by molar-refractivity contribution is -0.144. The van der Waals surface area contributed by atoms with E-state index >= 15 is 0 Å². The number of nitrogens with one attached hydrogen (secondary N) is 2. The fraction of sp³-hybridized carbons (Fsp3) is 0.450. The van der Waals surface area contributed by atoms with Crippen molar-refractivity contribution in [3.8, 4) is 0 Å². The third-order valence-electron chi connectivity index (χ3n) is 5.39. The SMILES string of the molecule is CC[C@@H](C)[C@@H](NC(=O)N1CCc2[nH]cnc2[C@@H]1c1ccc(F)cc1F)C(=O)OC. The van der Waals surface area contributed by atoms with Gasteiger partial charge >= 0.3 is 12.0 Å². The second kappa shape index (κ2) is 8.59. The number of halogens is 2. The van der Waals surface area contributed by atoms with Crippen LogP contribution in [-0.4, -0.2) is 46.6 Å². The second-order valence-electron chi connectivity index (χ2n) is 7.11. The summed E-state index contributed by atoms with van der Waals surface area (Å²) in [6.45, 7) is 4.01. The summed E-state index contributed by atoms with van der Waals surface area (Å²) in [6, 6.07) is 1.01. The summed E-state index contributed by atoms with van der Waals surface area (Å²) in [4.78, 5) is 34.0. The standard InChI is InChI=1S/C20H24F2N4O3/c1-4-11(2)16(19(27)29-3)25-20(28)26-8-7-15-17(24-10-23-15)18(26)13-6-5-12(21)9-14(13)22/h5-6,9-11,16,18H,4,7-8H2,1-3H3,(H,23,24)(H,25,28)/t11-,16-,18+/m1/s1. The lowest BCUT2D eigenvalue weighted by Crippen LogP contribution is -2.53. The summed E-state index contributed by atoms with van der Waals surface area (Å²) in [5.41, 5.74) is 1.41. The van der Waals surface area contributed by atoms with Gasteiger partial charge < -0.3 is 19.9 Å². The Hall–Kier alpha value is -2.97. The second-order valence-corrected chi connectivity index (χ2v) is 7.11. The smallest absolute Gasteiger partial charge is 0.328 e. The van der Waals surface area contributed by atoms with Crippen molar-refractivity contribution in [2.75, 3.05) is 13.7 Å². The van der Waals surface area contributed by atoms with Gasteiger partial charge in [0.1, 0.15) is 23.7 Å². The van der Waals surface area contributed by atoms with E-state index in [0.29, 0.717) is 18.5 Å². The molecule has 2 amide bonds. The maximum Gasteiger partial charge on any atom is 0.328 e. The maximum atomic E-state index is 14.6. The number of imidazole rings is 1. The fourth-order valence-electron chi connectivity index (χ4n) is 3.55. The molecule has 2 heterocycles. The van der Waals surface area contributed by atoms with Crippen LogP contribution in [-0.2, 0) is 16.0 Å². The Bertz CT molecular complexity index is 902. The molecule has 0 unspecified atom stereocenters. The number of nitrogens with zero attached hydrogens (tertiary/aromatic N) is 2. The Morgan fingerprint density at radius 2 is 2.17 bits per heavy atom. The normalized spacial score (nSPS) is 18.0. The number of urea groups is 1. The van der Waals surface area contributed by atoms with Gasteiger partial charge in [0.15, 0.2) is 0 Å². The van der Waals surface area contributed by atoms with Gasteiger partial charge in [-0.1, -0.05) is 26.3 Å². The largest absolute Gasteiger partial charge is 0.467 e. The highest BCUT2D eigenvalue weighted by molar-refractivity contribution is 5.84. The number of carbonyl (C=O) groups excluding carboxylic acids is 2. The van der Waals surface area contributed by atoms with E-state index in [1.807, 2.05) is 13.8 Å². The Morgan fingerprint density at radius 1 is 1.41 bits per heavy atom. The Balaban J connectivity index is 1.96. The molecule has 0 spiro atoms. The molecule has 2 N–H and O–H groups in total. The zero-order valence-electron chi connectivity index (χ0n) is 16.5. The molecule has 3 atom stereocenters. The van der Waals surface area contributed by atoms with Crippen molar-refractivity contribution >= 4 is 12.0 Å². The van der Waals surface area contributed by atoms with Crippen LogP contribution in [0.3, 0.4) is 0 Å². The Kier molecular flexibility index (Phi) is 6.14. The van der Waals surface area contributed by atoms with Crippen molar-refractivity contribution in [3.63, 3.8) is 0 Å². The lowest BCUT2D eigenvalue weighted by atomic mass is 9.95. The molecule has 156 valence electrons. The number of esters is 1. The highest BCUT2D eigenvalue weighted by atomic mass is 19.1. The molecule has 7 nitrogen and oxygen atoms in total. The van der Waals surface area contributed by atoms with Crippen LogP contribution in [0.4, 0.5) is 13.6 Å². The van der Waals surface area contributed by atoms with Crippen LogP contribution >= 0.6 is 0 Å². The maximum absolute atomic E-state index is 14.6. The molecule has 9 heteroatoms. The fourth-order valence-corrected chi connectivity index (χ4v) is 3.55. The molecule has 1 aromatic carbocycles. The molecule has 0 radical (unpaired) electrons. The third kappa shape index (κ3) is 4.08. The predicted molar refractivity (Wildman–Crippen MR) is 101 cm³/mol. The molecule has 1 aliphatic heterocycles. The monoisotopic (exact) mass is 406 g/mol. The van der Waals surface area contributed by atoms with Gasteiger partial charge in [-0.25, -0.2) is 23.4 Å². The van der Waals surface area contributed by atoms with Crippen LogP contribution in [0.2, 0.25) is 0 Å². The van der Waals surface area contributed by atoms with Gasteiger partial charge in [0.25, 0.3) is 0 Å². The van der Waals surface area contributed by atoms with Gasteiger partial charge in [-0.15, -0.1) is 0 Å². The minimum atomic E-state index is -0.846. The first-order valence-electron chi connectivity index (χ1n) is 9.49. The summed E-state index contributed by atoms with van der Waals surface area (Å²) < 4.78 is 32.8. The molecule has 1 aromatic heterocycles. The number of aromatic amines is 1. The highest BCUT2D eigenvalue weighted by Crippen LogP contribution is 2.35. The quantitative estimate of drug-likeness (QED) is 0.748. The van der Waals surface area contributed by atoms with E-state index in [1.54, 1.807) is 0 Å². The first kappa shape index (κ1) is 20.8. The average Bonchev–Trinajstić information content (AvgIpc) is 3.19. The molecule has 0 aliphatic carbocycles. The van der Waals surface area contributed by atoms with Crippen molar-refractivity contribution in [3.05, 3.63) is 53.1 Å². The first-order valence-corrected chi connectivity index (χ1v) is 9.49. The first-order chi connectivity index (χ1) is 13.9. The third-order valence-corrected chi connectivity index (χ3v) is 5.39. The number of rotatable bonds is 5. The summed E-state index contributed by atoms with van der Waals surface area (Å²) in [6.07, 6.45) is 2.63. The lowest BCUT2D eigenvalue weighted by Gasteiger charge is -2.36. The van der Waals surface area contributed by atoms with Gasteiger partial charge in [-0.05, 0) is 12.0 Å². The highest BCUT2D eigenvalue weighted by Gasteiger charge is 2.38. The van der Waals surface area contributed by atoms with Gasteiger partial charge in [-0.2, -0.15) is 0 Å². The molecule has 0 bridgehead atoms. The average molecular weight is 406 g/mol. The van der Waals surface area contributed by atoms with Crippen LogP contribution < -0.4 is 5.32 Å². The topological polar surface area (TPSA) is 87.3 Å². The van der Waals surface area contributed by atoms with E-state index in [1.165, 1.54) is 24.4 Å². The number of ether oxygens (including phenoxy) is 1. The molecular weight excluding hydrogens is 382 g/mol. The summed E-state index contributed by atoms with van der Waals surface area (Å²) in [5.74, 6) is -2.18. The van der Waals surface area contributed by atoms with Gasteiger partial charge in [0, 0.05) is 30.3 Å². The van der Waals surface area contributed by atoms with Crippen LogP contribution in [0.1, 0.15) is 43.3 Å². The van der Waals surface area contributed by atoms with Crippen molar-refractivity contribution in [1.82, 2.24) is 20.2 Å². The molecule has 2 aromatic rings. The van der Waals surface area contributed by atoms with E-state index in [9.17, 15) is 18.4 Å². The van der Waals surface area contributed by atoms with E-state index in [-0.39, 0.29) is 18.0 Å². The Labute approximate surface area is 167 Å². The van der Waals surface area contributed by atoms with Crippen LogP contribution in [0, 0.1) is 17.6 Å². The van der Waals surface area contributed by atoms with Gasteiger partial charge in [0.05, 0.1) is 19.1 Å². The molecule has 0 saturated carbocycles. The minimum Gasteiger partial charge on any atom is -0.467 e. The van der Waals surface area contributed by atoms with Gasteiger partial charge in [0.2, 0.25) is 0 Å². The van der Waals surface area contributed by atoms with Crippen molar-refractivity contribution in [1.29, 1.82) is 0 Å². The van der Waals surface area contributed by atoms with Crippen LogP contribution in [0.25, 0.3) is 0 Å². The van der Waals surface area contributed by atoms with E-state index < -0.39 is 35.7 Å². The number of carbonyl (C=O) groups is 2. The summed E-state index contributed by atoms with van der Waals surface area (Å²) >= 11 is 0. The zero-order chi connectivity index (χ0) is 21.1. The number of amides is 2. The number of hydrogen-bond donors (Lipinski definition) is 2. The number of hydrogen-bond acceptors (Lipinski definition) is 4. The number of aromatic nitrogens is 2. The van der Waals surface area contributed by atoms with Crippen molar-refractivity contribution in [2.45, 2.75) is 38.8 Å². The number of methoxy groups -OCH3 is 1. The number of fused-ring (bicyclic) bond motifs is 1. The summed E-state index contributed by atoms with van der Waals surface area (Å²) in [5, 5.41) is 2.72. The molecule has 0 saturated heterocycles. The summed E-state index contributed by atoms with van der Waals surface area (Å²) in [7, 11) is 1.26. The van der Waals surface area contributed by atoms with Crippen molar-refractivity contribution < 1.29 is 23.1 Å². The molecule has 0 fully saturated rings. The van der Waals surface area contributed by atoms with Crippen LogP contribution in [0.15, 0.2) is 24.5 Å². The Morgan fingerprint density at radius 3 is 2.83 bits per heavy atom. The predicted octanol–water partition coefficient (Wildman–Crippen LogP) is 2.93. The van der Waals surface area contributed by atoms with Gasteiger partial charge in [-0.3, -0.25) is 0 Å². The van der Waals surface area contributed by atoms with Crippen molar-refractivity contribution in [2.24, 2.45) is 5.92 Å². The van der Waals surface area contributed by atoms with E-state index in [4.69, 9.17) is 4.74 Å². The van der Waals surface area contributed by atoms with E-state index in [0.717, 1.165) is 17.8 Å². The molecule has 3 rings (SSSR count). The molecule has 1 aliphatic rings. The number of benzene rings is 1. The number of H-pyrrole nitrogens is 1. The van der Waals surface area contributed by atoms with Crippen LogP contribution in [0.5, 0.6) is 0 Å². The minimum absolute atomic E-state index is 0.132. The molecule has 29 heavy (non-hydrogen) atoms. The zero-order valence-corrected chi connectivity index (χ0v) is 16.5. The van der Waals surface area contributed by atoms with E-state index in [2.05, 4.69) is 15.3 Å². The molecular formula is C20H24F2N4O3.